The van der Waals surface area contributed by atoms with Crippen molar-refractivity contribution in [3.05, 3.63) is 91.8 Å². The third-order valence-electron chi connectivity index (χ3n) is 4.74. The van der Waals surface area contributed by atoms with Gasteiger partial charge in [0.1, 0.15) is 5.82 Å². The molecule has 1 atom stereocenters. The summed E-state index contributed by atoms with van der Waals surface area (Å²) in [5.41, 5.74) is 2.81. The maximum absolute atomic E-state index is 13.1. The lowest BCUT2D eigenvalue weighted by atomic mass is 9.81. The molecule has 0 radical (unpaired) electrons. The second-order valence-corrected chi connectivity index (χ2v) is 8.68. The summed E-state index contributed by atoms with van der Waals surface area (Å²) in [5.74, 6) is -1.13. The number of dihydropyridines is 1. The first kappa shape index (κ1) is 22.0. The van der Waals surface area contributed by atoms with Crippen molar-refractivity contribution in [3.63, 3.8) is 0 Å². The number of rotatable bonds is 6. The maximum atomic E-state index is 13.1. The van der Waals surface area contributed by atoms with Crippen molar-refractivity contribution in [2.24, 2.45) is 0 Å². The average molecular weight is 485 g/mol. The zero-order valence-electron chi connectivity index (χ0n) is 16.3. The van der Waals surface area contributed by atoms with Gasteiger partial charge in [0.05, 0.1) is 28.3 Å². The van der Waals surface area contributed by atoms with Crippen LogP contribution in [0, 0.1) is 17.1 Å². The van der Waals surface area contributed by atoms with Crippen molar-refractivity contribution >= 4 is 39.3 Å². The van der Waals surface area contributed by atoms with Crippen molar-refractivity contribution in [2.75, 3.05) is 5.75 Å². The first-order valence-corrected chi connectivity index (χ1v) is 10.9. The summed E-state index contributed by atoms with van der Waals surface area (Å²) in [6.07, 6.45) is 0. The Hall–Kier alpha value is -2.69. The van der Waals surface area contributed by atoms with Crippen LogP contribution in [0.4, 0.5) is 4.39 Å². The fraction of sp³-hybridized carbons (Fsp3) is 0.174. The number of carbonyl (C=O) groups is 2. The highest BCUT2D eigenvalue weighted by Crippen LogP contribution is 2.41. The molecule has 0 saturated carbocycles. The first-order valence-electron chi connectivity index (χ1n) is 9.11. The van der Waals surface area contributed by atoms with E-state index in [9.17, 15) is 19.2 Å². The quantitative estimate of drug-likeness (QED) is 0.548. The van der Waals surface area contributed by atoms with Crippen LogP contribution in [-0.2, 0) is 4.79 Å². The minimum absolute atomic E-state index is 0.0783. The molecule has 0 aliphatic carbocycles. The number of allylic oxidation sites excluding steroid dienone is 3. The number of nitrogens with one attached hydrogen (secondary N) is 1. The van der Waals surface area contributed by atoms with Gasteiger partial charge in [0.2, 0.25) is 0 Å². The van der Waals surface area contributed by atoms with Gasteiger partial charge in [0.15, 0.2) is 11.6 Å². The van der Waals surface area contributed by atoms with Crippen LogP contribution in [0.15, 0.2) is 74.9 Å². The van der Waals surface area contributed by atoms with Gasteiger partial charge in [0, 0.05) is 21.3 Å². The van der Waals surface area contributed by atoms with Crippen LogP contribution in [0.3, 0.4) is 0 Å². The molecule has 0 aromatic heterocycles. The number of nitrogens with zero attached hydrogens (tertiary/aromatic N) is 1. The van der Waals surface area contributed by atoms with Gasteiger partial charge in [0.25, 0.3) is 0 Å². The molecule has 7 heteroatoms. The molecular formula is C23H18BrFN2O2S. The van der Waals surface area contributed by atoms with E-state index in [1.54, 1.807) is 6.92 Å². The molecule has 152 valence electrons. The molecule has 1 aliphatic rings. The minimum Gasteiger partial charge on any atom is -0.353 e. The summed E-state index contributed by atoms with van der Waals surface area (Å²) in [5, 5.41) is 13.6. The van der Waals surface area contributed by atoms with Crippen molar-refractivity contribution < 1.29 is 14.0 Å². The van der Waals surface area contributed by atoms with Crippen LogP contribution in [0.2, 0.25) is 0 Å². The lowest BCUT2D eigenvalue weighted by molar-refractivity contribution is -0.113. The topological polar surface area (TPSA) is 70.0 Å². The maximum Gasteiger partial charge on any atom is 0.173 e. The van der Waals surface area contributed by atoms with E-state index in [2.05, 4.69) is 27.3 Å². The van der Waals surface area contributed by atoms with Gasteiger partial charge in [-0.1, -0.05) is 39.8 Å². The molecule has 1 aliphatic heterocycles. The Morgan fingerprint density at radius 3 is 2.37 bits per heavy atom. The van der Waals surface area contributed by atoms with E-state index in [-0.39, 0.29) is 17.3 Å². The van der Waals surface area contributed by atoms with E-state index in [0.29, 0.717) is 27.4 Å². The van der Waals surface area contributed by atoms with E-state index in [0.717, 1.165) is 10.0 Å². The number of hydrogen-bond donors (Lipinski definition) is 1. The Labute approximate surface area is 187 Å². The lowest BCUT2D eigenvalue weighted by Gasteiger charge is -2.29. The van der Waals surface area contributed by atoms with Gasteiger partial charge in [-0.2, -0.15) is 5.26 Å². The number of ketones is 2. The smallest absolute Gasteiger partial charge is 0.173 e. The summed E-state index contributed by atoms with van der Waals surface area (Å²) in [4.78, 5) is 24.9. The number of halogens is 2. The third-order valence-corrected chi connectivity index (χ3v) is 6.29. The highest BCUT2D eigenvalue weighted by molar-refractivity contribution is 9.10. The molecule has 1 heterocycles. The monoisotopic (exact) mass is 484 g/mol. The molecule has 0 saturated heterocycles. The molecular weight excluding hydrogens is 467 g/mol. The molecule has 0 spiro atoms. The third kappa shape index (κ3) is 4.72. The second-order valence-electron chi connectivity index (χ2n) is 6.78. The van der Waals surface area contributed by atoms with Gasteiger partial charge < -0.3 is 5.32 Å². The fourth-order valence-corrected chi connectivity index (χ4v) is 4.59. The summed E-state index contributed by atoms with van der Waals surface area (Å²) < 4.78 is 14.0. The molecule has 1 N–H and O–H groups in total. The van der Waals surface area contributed by atoms with Crippen LogP contribution in [0.5, 0.6) is 0 Å². The van der Waals surface area contributed by atoms with Crippen molar-refractivity contribution in [1.29, 1.82) is 5.26 Å². The van der Waals surface area contributed by atoms with Crippen LogP contribution < -0.4 is 5.32 Å². The molecule has 3 rings (SSSR count). The van der Waals surface area contributed by atoms with Crippen LogP contribution in [0.25, 0.3) is 0 Å². The lowest BCUT2D eigenvalue weighted by Crippen LogP contribution is -2.27. The van der Waals surface area contributed by atoms with Crippen molar-refractivity contribution in [1.82, 2.24) is 5.32 Å². The number of carbonyl (C=O) groups excluding carboxylic acids is 2. The molecule has 0 amide bonds. The van der Waals surface area contributed by atoms with Gasteiger partial charge in [-0.05, 0) is 55.8 Å². The van der Waals surface area contributed by atoms with Gasteiger partial charge in [-0.25, -0.2) is 4.39 Å². The van der Waals surface area contributed by atoms with E-state index in [1.807, 2.05) is 24.3 Å². The molecule has 0 bridgehead atoms. The number of nitriles is 1. The van der Waals surface area contributed by atoms with E-state index < -0.39 is 11.7 Å². The largest absolute Gasteiger partial charge is 0.353 e. The Balaban J connectivity index is 1.94. The second kappa shape index (κ2) is 9.41. The predicted molar refractivity (Wildman–Crippen MR) is 119 cm³/mol. The highest BCUT2D eigenvalue weighted by atomic mass is 79.9. The molecule has 1 unspecified atom stereocenters. The fourth-order valence-electron chi connectivity index (χ4n) is 3.34. The molecule has 2 aromatic rings. The SMILES string of the molecule is CC(=O)C1=C(C)NC(SCC(=O)c2ccc(F)cc2)=C(C#N)C1c1ccc(Br)cc1. The number of benzene rings is 2. The number of hydrogen-bond acceptors (Lipinski definition) is 5. The minimum atomic E-state index is -0.509. The van der Waals surface area contributed by atoms with Gasteiger partial charge in [-0.3, -0.25) is 9.59 Å². The van der Waals surface area contributed by atoms with Gasteiger partial charge in [-0.15, -0.1) is 0 Å². The standard InChI is InChI=1S/C23H18BrFN2O2S/c1-13-21(14(2)28)22(16-3-7-17(24)8-4-16)19(11-26)23(27-13)30-12-20(29)15-5-9-18(25)10-6-15/h3-10,22,27H,12H2,1-2H3. The zero-order valence-corrected chi connectivity index (χ0v) is 18.7. The Morgan fingerprint density at radius 1 is 1.17 bits per heavy atom. The summed E-state index contributed by atoms with van der Waals surface area (Å²) >= 11 is 4.61. The Morgan fingerprint density at radius 2 is 1.80 bits per heavy atom. The number of Topliss-reactive ketones (excluding diaryl/α,β-unsaturated/α-hetero) is 2. The average Bonchev–Trinajstić information content (AvgIpc) is 2.72. The normalized spacial score (nSPS) is 16.2. The van der Waals surface area contributed by atoms with Gasteiger partial charge >= 0.3 is 0 Å². The number of thioether (sulfide) groups is 1. The van der Waals surface area contributed by atoms with Crippen LogP contribution in [0.1, 0.15) is 35.7 Å². The van der Waals surface area contributed by atoms with Crippen LogP contribution >= 0.6 is 27.7 Å². The molecule has 2 aromatic carbocycles. The zero-order chi connectivity index (χ0) is 21.8. The molecule has 0 fully saturated rings. The summed E-state index contributed by atoms with van der Waals surface area (Å²) in [6, 6.07) is 15.1. The van der Waals surface area contributed by atoms with Crippen molar-refractivity contribution in [3.8, 4) is 6.07 Å². The first-order chi connectivity index (χ1) is 14.3. The molecule has 4 nitrogen and oxygen atoms in total. The summed E-state index contributed by atoms with van der Waals surface area (Å²) in [7, 11) is 0. The Bertz CT molecular complexity index is 1100. The van der Waals surface area contributed by atoms with E-state index in [4.69, 9.17) is 0 Å². The predicted octanol–water partition coefficient (Wildman–Crippen LogP) is 5.49. The highest BCUT2D eigenvalue weighted by Gasteiger charge is 2.33. The summed E-state index contributed by atoms with van der Waals surface area (Å²) in [6.45, 7) is 3.27. The molecule has 30 heavy (non-hydrogen) atoms. The Kier molecular flexibility index (Phi) is 6.91. The van der Waals surface area contributed by atoms with E-state index in [1.165, 1.54) is 43.0 Å². The van der Waals surface area contributed by atoms with Crippen LogP contribution in [-0.4, -0.2) is 17.3 Å². The van der Waals surface area contributed by atoms with E-state index >= 15 is 0 Å². The van der Waals surface area contributed by atoms with Crippen molar-refractivity contribution in [2.45, 2.75) is 19.8 Å².